The van der Waals surface area contributed by atoms with Gasteiger partial charge in [0.05, 0.1) is 13.2 Å². The molecule has 1 aliphatic heterocycles. The van der Waals surface area contributed by atoms with E-state index >= 15 is 0 Å². The molecule has 1 aliphatic rings. The molecule has 5 heteroatoms. The van der Waals surface area contributed by atoms with Crippen LogP contribution < -0.4 is 5.48 Å². The molecule has 0 bridgehead atoms. The fraction of sp³-hybridized carbons (Fsp3) is 0.875. The van der Waals surface area contributed by atoms with Crippen molar-refractivity contribution in [3.63, 3.8) is 0 Å². The van der Waals surface area contributed by atoms with Gasteiger partial charge in [0.2, 0.25) is 0 Å². The van der Waals surface area contributed by atoms with Gasteiger partial charge < -0.3 is 9.47 Å². The quantitative estimate of drug-likeness (QED) is 0.483. The highest BCUT2D eigenvalue weighted by Crippen LogP contribution is 2.11. The monoisotopic (exact) mass is 189 g/mol. The van der Waals surface area contributed by atoms with E-state index in [0.29, 0.717) is 19.8 Å². The number of methoxy groups -OCH3 is 1. The van der Waals surface area contributed by atoms with E-state index in [1.165, 1.54) is 0 Å². The Bertz CT molecular complexity index is 156. The van der Waals surface area contributed by atoms with E-state index in [4.69, 9.17) is 14.3 Å². The van der Waals surface area contributed by atoms with Crippen LogP contribution in [-0.2, 0) is 19.1 Å². The predicted octanol–water partition coefficient (Wildman–Crippen LogP) is -0.140. The SMILES string of the molecule is COCCONC(=O)C1CCCO1. The van der Waals surface area contributed by atoms with Gasteiger partial charge in [0.1, 0.15) is 6.10 Å². The van der Waals surface area contributed by atoms with Crippen LogP contribution in [0.1, 0.15) is 12.8 Å². The molecule has 1 atom stereocenters. The van der Waals surface area contributed by atoms with Crippen LogP contribution in [0.25, 0.3) is 0 Å². The smallest absolute Gasteiger partial charge is 0.272 e. The highest BCUT2D eigenvalue weighted by atomic mass is 16.7. The molecule has 1 heterocycles. The van der Waals surface area contributed by atoms with E-state index in [-0.39, 0.29) is 12.0 Å². The topological polar surface area (TPSA) is 56.8 Å². The summed E-state index contributed by atoms with van der Waals surface area (Å²) in [6.45, 7) is 1.48. The number of nitrogens with one attached hydrogen (secondary N) is 1. The molecule has 1 amide bonds. The van der Waals surface area contributed by atoms with Crippen LogP contribution in [0.5, 0.6) is 0 Å². The molecule has 1 unspecified atom stereocenters. The highest BCUT2D eigenvalue weighted by Gasteiger charge is 2.23. The summed E-state index contributed by atoms with van der Waals surface area (Å²) in [4.78, 5) is 16.1. The molecule has 0 aromatic rings. The Labute approximate surface area is 77.3 Å². The second-order valence-electron chi connectivity index (χ2n) is 2.81. The summed E-state index contributed by atoms with van der Waals surface area (Å²) in [5.41, 5.74) is 2.32. The van der Waals surface area contributed by atoms with Crippen LogP contribution in [0.2, 0.25) is 0 Å². The van der Waals surface area contributed by atoms with Crippen molar-refractivity contribution >= 4 is 5.91 Å². The maximum Gasteiger partial charge on any atom is 0.272 e. The molecule has 5 nitrogen and oxygen atoms in total. The lowest BCUT2D eigenvalue weighted by Gasteiger charge is -2.09. The lowest BCUT2D eigenvalue weighted by Crippen LogP contribution is -2.34. The van der Waals surface area contributed by atoms with Crippen LogP contribution in [0.15, 0.2) is 0 Å². The number of hydroxylamine groups is 1. The Hall–Kier alpha value is -0.650. The molecule has 0 aromatic heterocycles. The zero-order chi connectivity index (χ0) is 9.52. The maximum absolute atomic E-state index is 11.2. The van der Waals surface area contributed by atoms with Crippen molar-refractivity contribution in [3.8, 4) is 0 Å². The Morgan fingerprint density at radius 1 is 1.62 bits per heavy atom. The lowest BCUT2D eigenvalue weighted by molar-refractivity contribution is -0.143. The summed E-state index contributed by atoms with van der Waals surface area (Å²) in [6, 6.07) is 0. The Kier molecular flexibility index (Phi) is 4.74. The van der Waals surface area contributed by atoms with Gasteiger partial charge in [0.25, 0.3) is 5.91 Å². The molecule has 0 radical (unpaired) electrons. The molecular formula is C8H15NO4. The van der Waals surface area contributed by atoms with Crippen molar-refractivity contribution in [2.75, 3.05) is 26.9 Å². The lowest BCUT2D eigenvalue weighted by atomic mass is 10.2. The Balaban J connectivity index is 2.03. The third kappa shape index (κ3) is 3.71. The number of hydrogen-bond acceptors (Lipinski definition) is 4. The van der Waals surface area contributed by atoms with Crippen molar-refractivity contribution in [1.82, 2.24) is 5.48 Å². The van der Waals surface area contributed by atoms with E-state index in [9.17, 15) is 4.79 Å². The maximum atomic E-state index is 11.2. The van der Waals surface area contributed by atoms with Crippen LogP contribution in [0.3, 0.4) is 0 Å². The fourth-order valence-corrected chi connectivity index (χ4v) is 1.10. The van der Waals surface area contributed by atoms with Crippen molar-refractivity contribution in [1.29, 1.82) is 0 Å². The van der Waals surface area contributed by atoms with Crippen molar-refractivity contribution < 1.29 is 19.1 Å². The van der Waals surface area contributed by atoms with Crippen LogP contribution >= 0.6 is 0 Å². The number of amides is 1. The first-order valence-electron chi connectivity index (χ1n) is 4.37. The summed E-state index contributed by atoms with van der Waals surface area (Å²) >= 11 is 0. The first-order valence-corrected chi connectivity index (χ1v) is 4.37. The van der Waals surface area contributed by atoms with E-state index in [0.717, 1.165) is 12.8 Å². The molecule has 0 aliphatic carbocycles. The molecule has 1 saturated heterocycles. The normalized spacial score (nSPS) is 21.8. The van der Waals surface area contributed by atoms with Gasteiger partial charge in [-0.05, 0) is 12.8 Å². The molecule has 0 aromatic carbocycles. The van der Waals surface area contributed by atoms with Crippen molar-refractivity contribution in [3.05, 3.63) is 0 Å². The number of ether oxygens (including phenoxy) is 2. The first-order chi connectivity index (χ1) is 6.34. The minimum Gasteiger partial charge on any atom is -0.382 e. The third-order valence-corrected chi connectivity index (χ3v) is 1.78. The van der Waals surface area contributed by atoms with Crippen molar-refractivity contribution in [2.24, 2.45) is 0 Å². The molecule has 76 valence electrons. The van der Waals surface area contributed by atoms with Gasteiger partial charge in [-0.2, -0.15) is 0 Å². The third-order valence-electron chi connectivity index (χ3n) is 1.78. The van der Waals surface area contributed by atoms with Gasteiger partial charge in [-0.25, -0.2) is 5.48 Å². The summed E-state index contributed by atoms with van der Waals surface area (Å²) < 4.78 is 9.89. The number of hydrogen-bond donors (Lipinski definition) is 1. The second kappa shape index (κ2) is 5.90. The van der Waals surface area contributed by atoms with E-state index in [1.807, 2.05) is 0 Å². The van der Waals surface area contributed by atoms with E-state index in [1.54, 1.807) is 7.11 Å². The van der Waals surface area contributed by atoms with Gasteiger partial charge in [-0.1, -0.05) is 0 Å². The van der Waals surface area contributed by atoms with Crippen molar-refractivity contribution in [2.45, 2.75) is 18.9 Å². The molecule has 1 N–H and O–H groups in total. The zero-order valence-electron chi connectivity index (χ0n) is 7.75. The molecule has 0 saturated carbocycles. The summed E-state index contributed by atoms with van der Waals surface area (Å²) in [5.74, 6) is -0.200. The molecule has 13 heavy (non-hydrogen) atoms. The minimum atomic E-state index is -0.331. The fourth-order valence-electron chi connectivity index (χ4n) is 1.10. The number of rotatable bonds is 5. The van der Waals surface area contributed by atoms with Gasteiger partial charge in [-0.15, -0.1) is 0 Å². The molecular weight excluding hydrogens is 174 g/mol. The minimum absolute atomic E-state index is 0.200. The average Bonchev–Trinajstić information content (AvgIpc) is 2.65. The molecule has 0 spiro atoms. The van der Waals surface area contributed by atoms with Crippen LogP contribution in [0.4, 0.5) is 0 Å². The standard InChI is InChI=1S/C8H15NO4/c1-11-5-6-13-9-8(10)7-3-2-4-12-7/h7H,2-6H2,1H3,(H,9,10). The zero-order valence-corrected chi connectivity index (χ0v) is 7.75. The molecule has 1 rings (SSSR count). The Morgan fingerprint density at radius 2 is 2.46 bits per heavy atom. The molecule has 1 fully saturated rings. The van der Waals surface area contributed by atoms with Gasteiger partial charge >= 0.3 is 0 Å². The summed E-state index contributed by atoms with van der Waals surface area (Å²) in [7, 11) is 1.57. The van der Waals surface area contributed by atoms with E-state index in [2.05, 4.69) is 5.48 Å². The number of carbonyl (C=O) groups is 1. The average molecular weight is 189 g/mol. The summed E-state index contributed by atoms with van der Waals surface area (Å²) in [6.07, 6.45) is 1.39. The largest absolute Gasteiger partial charge is 0.382 e. The van der Waals surface area contributed by atoms with Gasteiger partial charge in [-0.3, -0.25) is 9.63 Å². The van der Waals surface area contributed by atoms with Gasteiger partial charge in [0.15, 0.2) is 0 Å². The van der Waals surface area contributed by atoms with Crippen LogP contribution in [0, 0.1) is 0 Å². The first kappa shape index (κ1) is 10.4. The van der Waals surface area contributed by atoms with Crippen LogP contribution in [-0.4, -0.2) is 38.9 Å². The van der Waals surface area contributed by atoms with Gasteiger partial charge in [0, 0.05) is 13.7 Å². The Morgan fingerprint density at radius 3 is 3.08 bits per heavy atom. The van der Waals surface area contributed by atoms with E-state index < -0.39 is 0 Å². The summed E-state index contributed by atoms with van der Waals surface area (Å²) in [5, 5.41) is 0. The predicted molar refractivity (Wildman–Crippen MR) is 44.9 cm³/mol. The second-order valence-corrected chi connectivity index (χ2v) is 2.81. The highest BCUT2D eigenvalue weighted by molar-refractivity contribution is 5.79. The number of carbonyl (C=O) groups excluding carboxylic acids is 1.